The maximum absolute atomic E-state index is 11.6. The van der Waals surface area contributed by atoms with Gasteiger partial charge in [-0.2, -0.15) is 0 Å². The molecule has 2 rings (SSSR count). The van der Waals surface area contributed by atoms with Gasteiger partial charge in [-0.1, -0.05) is 41.4 Å². The molecule has 0 aromatic heterocycles. The van der Waals surface area contributed by atoms with Crippen molar-refractivity contribution >= 4 is 42.9 Å². The molecule has 0 aliphatic rings. The van der Waals surface area contributed by atoms with Crippen LogP contribution in [0.15, 0.2) is 41.3 Å². The van der Waals surface area contributed by atoms with Crippen LogP contribution in [0.25, 0.3) is 0 Å². The Balaban J connectivity index is 2.31. The molecule has 0 atom stereocenters. The van der Waals surface area contributed by atoms with E-state index in [9.17, 15) is 8.42 Å². The van der Waals surface area contributed by atoms with Crippen LogP contribution in [0.4, 0.5) is 0 Å². The number of hydrogen-bond acceptors (Lipinski definition) is 3. The minimum absolute atomic E-state index is 0.0673. The Labute approximate surface area is 137 Å². The topological polar surface area (TPSA) is 43.4 Å². The molecular formula is C14H11Cl3O3S. The van der Waals surface area contributed by atoms with E-state index in [1.165, 1.54) is 6.07 Å². The van der Waals surface area contributed by atoms with Crippen LogP contribution < -0.4 is 4.74 Å². The van der Waals surface area contributed by atoms with Crippen molar-refractivity contribution in [3.8, 4) is 5.75 Å². The average molecular weight is 366 g/mol. The molecule has 7 heteroatoms. The van der Waals surface area contributed by atoms with Crippen LogP contribution in [0.2, 0.25) is 10.0 Å². The number of rotatable bonds is 4. The Hall–Kier alpha value is -0.940. The molecule has 0 N–H and O–H groups in total. The molecule has 0 aliphatic heterocycles. The average Bonchev–Trinajstić information content (AvgIpc) is 2.40. The van der Waals surface area contributed by atoms with Gasteiger partial charge in [0.05, 0.1) is 10.0 Å². The van der Waals surface area contributed by atoms with Crippen molar-refractivity contribution in [1.82, 2.24) is 0 Å². The number of halogens is 3. The molecule has 0 saturated carbocycles. The second-order valence-electron chi connectivity index (χ2n) is 4.39. The quantitative estimate of drug-likeness (QED) is 0.730. The van der Waals surface area contributed by atoms with Crippen molar-refractivity contribution in [2.45, 2.75) is 18.4 Å². The molecule has 0 radical (unpaired) electrons. The first-order chi connectivity index (χ1) is 9.79. The summed E-state index contributed by atoms with van der Waals surface area (Å²) < 4.78 is 28.7. The Morgan fingerprint density at radius 3 is 2.52 bits per heavy atom. The van der Waals surface area contributed by atoms with Gasteiger partial charge in [-0.25, -0.2) is 8.42 Å². The van der Waals surface area contributed by atoms with E-state index in [4.69, 9.17) is 38.6 Å². The highest BCUT2D eigenvalue weighted by molar-refractivity contribution is 8.13. The molecule has 21 heavy (non-hydrogen) atoms. The lowest BCUT2D eigenvalue weighted by Gasteiger charge is -2.11. The van der Waals surface area contributed by atoms with E-state index in [1.807, 2.05) is 0 Å². The lowest BCUT2D eigenvalue weighted by Crippen LogP contribution is -2.01. The van der Waals surface area contributed by atoms with Gasteiger partial charge in [0.25, 0.3) is 9.05 Å². The summed E-state index contributed by atoms with van der Waals surface area (Å²) in [6.45, 7) is 1.85. The molecule has 0 fully saturated rings. The van der Waals surface area contributed by atoms with Crippen molar-refractivity contribution in [2.24, 2.45) is 0 Å². The third-order valence-corrected chi connectivity index (χ3v) is 4.98. The van der Waals surface area contributed by atoms with Gasteiger partial charge < -0.3 is 4.74 Å². The zero-order valence-electron chi connectivity index (χ0n) is 10.9. The van der Waals surface area contributed by atoms with Gasteiger partial charge >= 0.3 is 0 Å². The number of hydrogen-bond donors (Lipinski definition) is 0. The number of benzene rings is 2. The van der Waals surface area contributed by atoms with Gasteiger partial charge in [-0.3, -0.25) is 0 Å². The first-order valence-corrected chi connectivity index (χ1v) is 8.96. The summed E-state index contributed by atoms with van der Waals surface area (Å²) in [5, 5.41) is 0.786. The van der Waals surface area contributed by atoms with Gasteiger partial charge in [0, 0.05) is 16.2 Å². The monoisotopic (exact) mass is 364 g/mol. The fourth-order valence-corrected chi connectivity index (χ4v) is 3.17. The molecule has 2 aromatic carbocycles. The van der Waals surface area contributed by atoms with Crippen molar-refractivity contribution < 1.29 is 13.2 Å². The van der Waals surface area contributed by atoms with Gasteiger partial charge in [0.1, 0.15) is 17.3 Å². The molecule has 0 heterocycles. The number of ether oxygens (including phenoxy) is 1. The highest BCUT2D eigenvalue weighted by atomic mass is 35.7. The predicted molar refractivity (Wildman–Crippen MR) is 85.0 cm³/mol. The molecule has 0 saturated heterocycles. The lowest BCUT2D eigenvalue weighted by molar-refractivity contribution is 0.298. The smallest absolute Gasteiger partial charge is 0.264 e. The lowest BCUT2D eigenvalue weighted by atomic mass is 10.2. The second kappa shape index (κ2) is 6.44. The summed E-state index contributed by atoms with van der Waals surface area (Å²) in [6, 6.07) is 9.90. The summed E-state index contributed by atoms with van der Waals surface area (Å²) in [5.41, 5.74) is 1.42. The van der Waals surface area contributed by atoms with Crippen LogP contribution in [-0.4, -0.2) is 8.42 Å². The maximum atomic E-state index is 11.6. The van der Waals surface area contributed by atoms with E-state index in [0.29, 0.717) is 15.6 Å². The minimum atomic E-state index is -3.89. The SMILES string of the molecule is Cc1ccc(OCc2cccc(Cl)c2Cl)c(S(=O)(=O)Cl)c1. The zero-order valence-corrected chi connectivity index (χ0v) is 14.0. The van der Waals surface area contributed by atoms with Crippen molar-refractivity contribution in [3.63, 3.8) is 0 Å². The van der Waals surface area contributed by atoms with Crippen LogP contribution in [0.3, 0.4) is 0 Å². The van der Waals surface area contributed by atoms with Crippen LogP contribution in [-0.2, 0) is 15.7 Å². The normalized spacial score (nSPS) is 11.4. The minimum Gasteiger partial charge on any atom is -0.487 e. The third-order valence-electron chi connectivity index (χ3n) is 2.78. The summed E-state index contributed by atoms with van der Waals surface area (Å²) in [4.78, 5) is -0.0673. The van der Waals surface area contributed by atoms with Gasteiger partial charge in [0.15, 0.2) is 0 Å². The molecule has 0 spiro atoms. The first-order valence-electron chi connectivity index (χ1n) is 5.90. The second-order valence-corrected chi connectivity index (χ2v) is 7.71. The van der Waals surface area contributed by atoms with Crippen LogP contribution in [0.1, 0.15) is 11.1 Å². The Kier molecular flexibility index (Phi) is 5.04. The maximum Gasteiger partial charge on any atom is 0.264 e. The molecule has 0 aliphatic carbocycles. The fourth-order valence-electron chi connectivity index (χ4n) is 1.74. The highest BCUT2D eigenvalue weighted by Crippen LogP contribution is 2.30. The van der Waals surface area contributed by atoms with E-state index in [1.54, 1.807) is 37.3 Å². The summed E-state index contributed by atoms with van der Waals surface area (Å²) in [7, 11) is 1.53. The standard InChI is InChI=1S/C14H11Cl3O3S/c1-9-5-6-12(13(7-9)21(17,18)19)20-8-10-3-2-4-11(15)14(10)16/h2-7H,8H2,1H3. The molecule has 0 amide bonds. The third kappa shape index (κ3) is 4.04. The van der Waals surface area contributed by atoms with E-state index >= 15 is 0 Å². The Morgan fingerprint density at radius 1 is 1.14 bits per heavy atom. The molecular weight excluding hydrogens is 355 g/mol. The van der Waals surface area contributed by atoms with Gasteiger partial charge in [0.2, 0.25) is 0 Å². The zero-order chi connectivity index (χ0) is 15.6. The van der Waals surface area contributed by atoms with Gasteiger partial charge in [-0.05, 0) is 30.7 Å². The molecule has 0 unspecified atom stereocenters. The van der Waals surface area contributed by atoms with Crippen LogP contribution in [0, 0.1) is 6.92 Å². The van der Waals surface area contributed by atoms with Crippen molar-refractivity contribution in [3.05, 3.63) is 57.6 Å². The van der Waals surface area contributed by atoms with E-state index < -0.39 is 9.05 Å². The summed E-state index contributed by atoms with van der Waals surface area (Å²) in [6.07, 6.45) is 0. The molecule has 3 nitrogen and oxygen atoms in total. The molecule has 112 valence electrons. The van der Waals surface area contributed by atoms with Crippen molar-refractivity contribution in [1.29, 1.82) is 0 Å². The number of aryl methyl sites for hydroxylation is 1. The van der Waals surface area contributed by atoms with E-state index in [-0.39, 0.29) is 17.3 Å². The van der Waals surface area contributed by atoms with Crippen molar-refractivity contribution in [2.75, 3.05) is 0 Å². The largest absolute Gasteiger partial charge is 0.487 e. The Bertz CT molecular complexity index is 773. The van der Waals surface area contributed by atoms with Gasteiger partial charge in [-0.15, -0.1) is 0 Å². The first kappa shape index (κ1) is 16.4. The summed E-state index contributed by atoms with van der Waals surface area (Å²) in [5.74, 6) is 0.173. The van der Waals surface area contributed by atoms with Crippen LogP contribution >= 0.6 is 33.9 Å². The fraction of sp³-hybridized carbons (Fsp3) is 0.143. The van der Waals surface area contributed by atoms with Crippen LogP contribution in [0.5, 0.6) is 5.75 Å². The molecule has 2 aromatic rings. The summed E-state index contributed by atoms with van der Waals surface area (Å²) >= 11 is 12.0. The van der Waals surface area contributed by atoms with E-state index in [0.717, 1.165) is 5.56 Å². The Morgan fingerprint density at radius 2 is 1.86 bits per heavy atom. The highest BCUT2D eigenvalue weighted by Gasteiger charge is 2.17. The van der Waals surface area contributed by atoms with E-state index in [2.05, 4.69) is 0 Å². The molecule has 0 bridgehead atoms. The predicted octanol–water partition coefficient (Wildman–Crippen LogP) is 4.81.